The number of anilines is 2. The van der Waals surface area contributed by atoms with Gasteiger partial charge in [0.2, 0.25) is 17.7 Å². The van der Waals surface area contributed by atoms with Crippen LogP contribution in [0.4, 0.5) is 11.4 Å². The van der Waals surface area contributed by atoms with Crippen molar-refractivity contribution in [3.05, 3.63) is 48.0 Å². The zero-order chi connectivity index (χ0) is 25.1. The average molecular weight is 489 g/mol. The Balaban J connectivity index is 1.15. The molecule has 36 heavy (non-hydrogen) atoms. The van der Waals surface area contributed by atoms with Crippen molar-refractivity contribution in [2.45, 2.75) is 32.6 Å². The number of aryl methyl sites for hydroxylation is 1. The molecule has 0 spiro atoms. The van der Waals surface area contributed by atoms with E-state index in [0.29, 0.717) is 40.3 Å². The molecule has 2 heterocycles. The molecule has 186 valence electrons. The van der Waals surface area contributed by atoms with E-state index in [0.717, 1.165) is 19.3 Å². The van der Waals surface area contributed by atoms with Crippen molar-refractivity contribution in [3.63, 3.8) is 0 Å². The number of imide groups is 1. The second kappa shape index (κ2) is 8.47. The second-order valence-corrected chi connectivity index (χ2v) is 10.4. The molecule has 2 aromatic rings. The molecular formula is C28H28N2O6. The minimum absolute atomic E-state index is 0.0645. The van der Waals surface area contributed by atoms with E-state index in [1.54, 1.807) is 61.4 Å². The van der Waals surface area contributed by atoms with Crippen molar-refractivity contribution in [1.82, 2.24) is 0 Å². The molecular weight excluding hydrogens is 460 g/mol. The molecule has 2 aromatic carbocycles. The van der Waals surface area contributed by atoms with E-state index in [9.17, 15) is 19.2 Å². The molecule has 2 saturated heterocycles. The molecule has 0 radical (unpaired) electrons. The zero-order valence-electron chi connectivity index (χ0n) is 20.3. The van der Waals surface area contributed by atoms with E-state index in [1.165, 1.54) is 4.90 Å². The Bertz CT molecular complexity index is 1260. The van der Waals surface area contributed by atoms with Gasteiger partial charge in [0.05, 0.1) is 30.6 Å². The van der Waals surface area contributed by atoms with Crippen LogP contribution in [0.5, 0.6) is 11.5 Å². The van der Waals surface area contributed by atoms with Crippen LogP contribution in [0.15, 0.2) is 42.5 Å². The molecule has 5 atom stereocenters. The molecule has 2 saturated carbocycles. The van der Waals surface area contributed by atoms with Gasteiger partial charge in [-0.25, -0.2) is 4.90 Å². The summed E-state index contributed by atoms with van der Waals surface area (Å²) >= 11 is 0. The third-order valence-corrected chi connectivity index (χ3v) is 8.38. The quantitative estimate of drug-likeness (QED) is 0.363. The Morgan fingerprint density at radius 2 is 1.67 bits per heavy atom. The van der Waals surface area contributed by atoms with Gasteiger partial charge in [-0.3, -0.25) is 19.2 Å². The first-order valence-corrected chi connectivity index (χ1v) is 12.5. The Kier molecular flexibility index (Phi) is 5.35. The normalized spacial score (nSPS) is 28.7. The molecule has 4 aliphatic rings. The highest BCUT2D eigenvalue weighted by molar-refractivity contribution is 6.23. The van der Waals surface area contributed by atoms with Gasteiger partial charge in [-0.05, 0) is 73.9 Å². The molecule has 2 aliphatic heterocycles. The molecule has 4 fully saturated rings. The average Bonchev–Trinajstić information content (AvgIpc) is 3.63. The molecule has 6 rings (SSSR count). The summed E-state index contributed by atoms with van der Waals surface area (Å²) in [7, 11) is 1.56. The highest BCUT2D eigenvalue weighted by Gasteiger charge is 2.61. The van der Waals surface area contributed by atoms with Crippen LogP contribution in [0.1, 0.15) is 31.2 Å². The van der Waals surface area contributed by atoms with Crippen LogP contribution >= 0.6 is 0 Å². The van der Waals surface area contributed by atoms with E-state index in [2.05, 4.69) is 0 Å². The molecule has 2 bridgehead atoms. The summed E-state index contributed by atoms with van der Waals surface area (Å²) in [6, 6.07) is 12.1. The van der Waals surface area contributed by atoms with Crippen LogP contribution < -0.4 is 19.3 Å². The lowest BCUT2D eigenvalue weighted by molar-refractivity contribution is -0.139. The number of hydrogen-bond donors (Lipinski definition) is 0. The Hall–Kier alpha value is -3.68. The Labute approximate surface area is 209 Å². The van der Waals surface area contributed by atoms with Gasteiger partial charge < -0.3 is 14.4 Å². The van der Waals surface area contributed by atoms with Gasteiger partial charge in [0.15, 0.2) is 0 Å². The molecule has 8 heteroatoms. The van der Waals surface area contributed by atoms with Crippen LogP contribution in [0.2, 0.25) is 0 Å². The molecule has 8 nitrogen and oxygen atoms in total. The van der Waals surface area contributed by atoms with Crippen LogP contribution in [0.3, 0.4) is 0 Å². The fourth-order valence-corrected chi connectivity index (χ4v) is 6.68. The van der Waals surface area contributed by atoms with Crippen LogP contribution in [-0.2, 0) is 19.2 Å². The molecule has 0 N–H and O–H groups in total. The van der Waals surface area contributed by atoms with Crippen molar-refractivity contribution in [1.29, 1.82) is 0 Å². The topological polar surface area (TPSA) is 93.2 Å². The molecule has 2 aliphatic carbocycles. The maximum atomic E-state index is 13.2. The number of amides is 3. The Morgan fingerprint density at radius 1 is 0.944 bits per heavy atom. The largest absolute Gasteiger partial charge is 0.497 e. The minimum Gasteiger partial charge on any atom is -0.497 e. The van der Waals surface area contributed by atoms with Crippen molar-refractivity contribution < 1.29 is 28.7 Å². The van der Waals surface area contributed by atoms with Crippen LogP contribution in [0.25, 0.3) is 0 Å². The van der Waals surface area contributed by atoms with Crippen molar-refractivity contribution in [2.75, 3.05) is 23.5 Å². The monoisotopic (exact) mass is 488 g/mol. The maximum Gasteiger partial charge on any atom is 0.316 e. The third kappa shape index (κ3) is 3.50. The summed E-state index contributed by atoms with van der Waals surface area (Å²) < 4.78 is 10.8. The number of benzene rings is 2. The van der Waals surface area contributed by atoms with Crippen LogP contribution in [0, 0.1) is 36.5 Å². The van der Waals surface area contributed by atoms with Crippen molar-refractivity contribution in [2.24, 2.45) is 29.6 Å². The van der Waals surface area contributed by atoms with Gasteiger partial charge >= 0.3 is 5.97 Å². The SMILES string of the molecule is COc1cccc(N2C[C@H](C(=O)Oc3ccc(N4C(=O)[C@@H]5[C@H]6CC[C@@H](C6)[C@@H]5C4=O)c(C)c3)CC2=O)c1. The highest BCUT2D eigenvalue weighted by atomic mass is 16.5. The number of fused-ring (bicyclic) bond motifs is 5. The molecule has 0 unspecified atom stereocenters. The van der Waals surface area contributed by atoms with Gasteiger partial charge in [0, 0.05) is 24.7 Å². The number of hydrogen-bond acceptors (Lipinski definition) is 6. The van der Waals surface area contributed by atoms with E-state index >= 15 is 0 Å². The predicted octanol–water partition coefficient (Wildman–Crippen LogP) is 3.50. The van der Waals surface area contributed by atoms with Gasteiger partial charge in [0.25, 0.3) is 0 Å². The van der Waals surface area contributed by atoms with Gasteiger partial charge in [-0.15, -0.1) is 0 Å². The fraction of sp³-hybridized carbons (Fsp3) is 0.429. The number of carbonyl (C=O) groups is 4. The Morgan fingerprint density at radius 3 is 2.33 bits per heavy atom. The van der Waals surface area contributed by atoms with Crippen molar-refractivity contribution >= 4 is 35.1 Å². The lowest BCUT2D eigenvalue weighted by Gasteiger charge is -2.20. The number of rotatable bonds is 5. The summed E-state index contributed by atoms with van der Waals surface area (Å²) in [4.78, 5) is 54.7. The smallest absolute Gasteiger partial charge is 0.316 e. The number of carbonyl (C=O) groups excluding carboxylic acids is 4. The maximum absolute atomic E-state index is 13.2. The predicted molar refractivity (Wildman–Crippen MR) is 131 cm³/mol. The van der Waals surface area contributed by atoms with E-state index < -0.39 is 11.9 Å². The first-order chi connectivity index (χ1) is 17.4. The summed E-state index contributed by atoms with van der Waals surface area (Å²) in [5.41, 5.74) is 1.92. The molecule has 3 amide bonds. The lowest BCUT2D eigenvalue weighted by atomic mass is 9.81. The van der Waals surface area contributed by atoms with Gasteiger partial charge in [-0.1, -0.05) is 6.07 Å². The fourth-order valence-electron chi connectivity index (χ4n) is 6.68. The van der Waals surface area contributed by atoms with Crippen molar-refractivity contribution in [3.8, 4) is 11.5 Å². The first kappa shape index (κ1) is 22.8. The summed E-state index contributed by atoms with van der Waals surface area (Å²) in [6.45, 7) is 2.03. The standard InChI is InChI=1S/C28H28N2O6/c1-15-10-21(8-9-22(15)30-26(32)24-16-6-7-17(11-16)25(24)27(30)33)36-28(34)18-12-23(31)29(14-18)19-4-3-5-20(13-19)35-2/h3-5,8-10,13,16-18,24-25H,6-7,11-12,14H2,1-2H3/t16-,17-,18+,24-,25+/m0/s1. The van der Waals surface area contributed by atoms with Gasteiger partial charge in [-0.2, -0.15) is 0 Å². The number of methoxy groups -OCH3 is 1. The van der Waals surface area contributed by atoms with E-state index in [4.69, 9.17) is 9.47 Å². The minimum atomic E-state index is -0.597. The number of ether oxygens (including phenoxy) is 2. The number of nitrogens with zero attached hydrogens (tertiary/aromatic N) is 2. The third-order valence-electron chi connectivity index (χ3n) is 8.38. The van der Waals surface area contributed by atoms with Crippen LogP contribution in [-0.4, -0.2) is 37.3 Å². The van der Waals surface area contributed by atoms with Gasteiger partial charge in [0.1, 0.15) is 11.5 Å². The molecule has 0 aromatic heterocycles. The number of esters is 1. The lowest BCUT2D eigenvalue weighted by Crippen LogP contribution is -2.33. The highest BCUT2D eigenvalue weighted by Crippen LogP contribution is 2.56. The van der Waals surface area contributed by atoms with E-state index in [-0.39, 0.29) is 42.5 Å². The summed E-state index contributed by atoms with van der Waals surface area (Å²) in [6.07, 6.45) is 3.12. The van der Waals surface area contributed by atoms with E-state index in [1.807, 2.05) is 0 Å². The second-order valence-electron chi connectivity index (χ2n) is 10.4. The summed E-state index contributed by atoms with van der Waals surface area (Å²) in [5, 5.41) is 0. The zero-order valence-corrected chi connectivity index (χ0v) is 20.3. The first-order valence-electron chi connectivity index (χ1n) is 12.5. The summed E-state index contributed by atoms with van der Waals surface area (Å²) in [5.74, 6) is -0.162.